The fraction of sp³-hybridized carbons (Fsp3) is 0.394. The maximum Gasteiger partial charge on any atom is 0.261 e. The number of benzene rings is 3. The van der Waals surface area contributed by atoms with E-state index in [9.17, 15) is 18.0 Å². The van der Waals surface area contributed by atoms with Crippen molar-refractivity contribution >= 4 is 33.4 Å². The van der Waals surface area contributed by atoms with Crippen LogP contribution in [-0.4, -0.2) is 74.9 Å². The van der Waals surface area contributed by atoms with Gasteiger partial charge in [-0.1, -0.05) is 67.9 Å². The first kappa shape index (κ1) is 33.5. The quantitative estimate of drug-likeness (QED) is 0.277. The molecule has 4 rings (SSSR count). The molecule has 1 fully saturated rings. The number of hydrogen-bond donors (Lipinski definition) is 1. The van der Waals surface area contributed by atoms with Crippen LogP contribution in [0, 0.1) is 5.92 Å². The summed E-state index contributed by atoms with van der Waals surface area (Å²) in [5, 5.41) is 3.59. The summed E-state index contributed by atoms with van der Waals surface area (Å²) >= 11 is 6.10. The van der Waals surface area contributed by atoms with Crippen LogP contribution < -0.4 is 10.1 Å². The molecule has 1 aliphatic rings. The highest BCUT2D eigenvalue weighted by molar-refractivity contribution is 7.89. The summed E-state index contributed by atoms with van der Waals surface area (Å²) in [6.07, 6.45) is 1.14. The number of carbonyl (C=O) groups is 2. The molecule has 3 aromatic carbocycles. The Kier molecular flexibility index (Phi) is 12.2. The minimum absolute atomic E-state index is 0.142. The lowest BCUT2D eigenvalue weighted by Crippen LogP contribution is -2.52. The van der Waals surface area contributed by atoms with E-state index in [1.54, 1.807) is 12.1 Å². The lowest BCUT2D eigenvalue weighted by Gasteiger charge is -2.31. The minimum atomic E-state index is -3.66. The zero-order valence-electron chi connectivity index (χ0n) is 25.2. The van der Waals surface area contributed by atoms with Gasteiger partial charge in [-0.3, -0.25) is 9.59 Å². The highest BCUT2D eigenvalue weighted by Gasteiger charge is 2.31. The standard InChI is InChI=1S/C33H40ClN3O6S/c1-25(2)16-17-35-33(39)31(22-26-6-4-3-5-7-26)37(23-27-8-10-28(34)11-9-27)32(38)24-43-29-12-14-30(15-13-29)44(40,41)36-18-20-42-21-19-36/h3-15,25,31H,16-24H2,1-2H3,(H,35,39). The molecule has 44 heavy (non-hydrogen) atoms. The summed E-state index contributed by atoms with van der Waals surface area (Å²) in [5.74, 6) is 0.129. The van der Waals surface area contributed by atoms with Crippen molar-refractivity contribution in [3.05, 3.63) is 95.0 Å². The molecular formula is C33H40ClN3O6S. The SMILES string of the molecule is CC(C)CCNC(=O)C(Cc1ccccc1)N(Cc1ccc(Cl)cc1)C(=O)COc1ccc(S(=O)(=O)N2CCOCC2)cc1. The smallest absolute Gasteiger partial charge is 0.261 e. The molecular weight excluding hydrogens is 602 g/mol. The van der Waals surface area contributed by atoms with Crippen LogP contribution in [0.3, 0.4) is 0 Å². The first-order chi connectivity index (χ1) is 21.1. The molecule has 0 aromatic heterocycles. The Bertz CT molecular complexity index is 1460. The van der Waals surface area contributed by atoms with E-state index in [0.29, 0.717) is 56.0 Å². The molecule has 1 unspecified atom stereocenters. The summed E-state index contributed by atoms with van der Waals surface area (Å²) in [7, 11) is -3.66. The van der Waals surface area contributed by atoms with Gasteiger partial charge in [0.05, 0.1) is 18.1 Å². The normalized spacial score (nSPS) is 14.6. The molecule has 9 nitrogen and oxygen atoms in total. The molecule has 11 heteroatoms. The number of nitrogens with one attached hydrogen (secondary N) is 1. The molecule has 0 bridgehead atoms. The van der Waals surface area contributed by atoms with Gasteiger partial charge in [-0.15, -0.1) is 0 Å². The van der Waals surface area contributed by atoms with Gasteiger partial charge in [-0.2, -0.15) is 4.31 Å². The van der Waals surface area contributed by atoms with Gasteiger partial charge in [-0.05, 0) is 59.9 Å². The van der Waals surface area contributed by atoms with Crippen molar-refractivity contribution in [2.45, 2.75) is 44.2 Å². The van der Waals surface area contributed by atoms with Crippen LogP contribution in [0.5, 0.6) is 5.75 Å². The average molecular weight is 642 g/mol. The van der Waals surface area contributed by atoms with Crippen LogP contribution in [0.25, 0.3) is 0 Å². The van der Waals surface area contributed by atoms with Gasteiger partial charge < -0.3 is 19.7 Å². The second-order valence-electron chi connectivity index (χ2n) is 11.1. The number of halogens is 1. The predicted molar refractivity (Wildman–Crippen MR) is 170 cm³/mol. The minimum Gasteiger partial charge on any atom is -0.484 e. The van der Waals surface area contributed by atoms with Gasteiger partial charge in [0.2, 0.25) is 15.9 Å². The van der Waals surface area contributed by atoms with Crippen molar-refractivity contribution in [1.29, 1.82) is 0 Å². The van der Waals surface area contributed by atoms with Crippen LogP contribution in [0.4, 0.5) is 0 Å². The van der Waals surface area contributed by atoms with Crippen LogP contribution in [0.15, 0.2) is 83.8 Å². The maximum atomic E-state index is 13.8. The van der Waals surface area contributed by atoms with Crippen molar-refractivity contribution in [1.82, 2.24) is 14.5 Å². The first-order valence-electron chi connectivity index (χ1n) is 14.8. The third-order valence-electron chi connectivity index (χ3n) is 7.35. The Hall–Kier alpha value is -3.44. The largest absolute Gasteiger partial charge is 0.484 e. The second kappa shape index (κ2) is 16.0. The maximum absolute atomic E-state index is 13.8. The van der Waals surface area contributed by atoms with E-state index < -0.39 is 16.1 Å². The molecule has 0 spiro atoms. The number of amides is 2. The van der Waals surface area contributed by atoms with Crippen molar-refractivity contribution in [2.75, 3.05) is 39.5 Å². The second-order valence-corrected chi connectivity index (χ2v) is 13.5. The Morgan fingerprint density at radius 2 is 1.61 bits per heavy atom. The molecule has 1 N–H and O–H groups in total. The number of morpholine rings is 1. The van der Waals surface area contributed by atoms with E-state index in [4.69, 9.17) is 21.1 Å². The Morgan fingerprint density at radius 3 is 2.25 bits per heavy atom. The van der Waals surface area contributed by atoms with Crippen LogP contribution in [-0.2, 0) is 37.3 Å². The molecule has 0 radical (unpaired) electrons. The zero-order valence-corrected chi connectivity index (χ0v) is 26.7. The predicted octanol–water partition coefficient (Wildman–Crippen LogP) is 4.54. The topological polar surface area (TPSA) is 105 Å². The Balaban J connectivity index is 1.53. The molecule has 3 aromatic rings. The highest BCUT2D eigenvalue weighted by Crippen LogP contribution is 2.22. The van der Waals surface area contributed by atoms with Gasteiger partial charge in [-0.25, -0.2) is 8.42 Å². The lowest BCUT2D eigenvalue weighted by atomic mass is 10.0. The van der Waals surface area contributed by atoms with Crippen molar-refractivity contribution in [3.8, 4) is 5.75 Å². The third kappa shape index (κ3) is 9.53. The molecule has 1 heterocycles. The van der Waals surface area contributed by atoms with Crippen LogP contribution in [0.2, 0.25) is 5.02 Å². The van der Waals surface area contributed by atoms with E-state index in [1.165, 1.54) is 33.5 Å². The van der Waals surface area contributed by atoms with E-state index in [2.05, 4.69) is 19.2 Å². The van der Waals surface area contributed by atoms with E-state index >= 15 is 0 Å². The monoisotopic (exact) mass is 641 g/mol. The number of ether oxygens (including phenoxy) is 2. The number of rotatable bonds is 14. The lowest BCUT2D eigenvalue weighted by molar-refractivity contribution is -0.142. The van der Waals surface area contributed by atoms with Crippen molar-refractivity contribution in [2.24, 2.45) is 5.92 Å². The van der Waals surface area contributed by atoms with E-state index in [0.717, 1.165) is 17.5 Å². The van der Waals surface area contributed by atoms with Gasteiger partial charge in [0.25, 0.3) is 5.91 Å². The molecule has 0 aliphatic carbocycles. The number of hydrogen-bond acceptors (Lipinski definition) is 6. The van der Waals surface area contributed by atoms with Gasteiger partial charge in [0.15, 0.2) is 6.61 Å². The summed E-state index contributed by atoms with van der Waals surface area (Å²) in [6, 6.07) is 21.9. The Labute approximate surface area is 265 Å². The van der Waals surface area contributed by atoms with Gasteiger partial charge in [0, 0.05) is 37.6 Å². The Morgan fingerprint density at radius 1 is 0.955 bits per heavy atom. The fourth-order valence-corrected chi connectivity index (χ4v) is 6.35. The fourth-order valence-electron chi connectivity index (χ4n) is 4.81. The van der Waals surface area contributed by atoms with Crippen molar-refractivity contribution < 1.29 is 27.5 Å². The number of sulfonamides is 1. The molecule has 236 valence electrons. The van der Waals surface area contributed by atoms with Crippen LogP contribution in [0.1, 0.15) is 31.4 Å². The average Bonchev–Trinajstić information content (AvgIpc) is 3.03. The molecule has 0 saturated carbocycles. The first-order valence-corrected chi connectivity index (χ1v) is 16.6. The van der Waals surface area contributed by atoms with Crippen LogP contribution >= 0.6 is 11.6 Å². The van der Waals surface area contributed by atoms with Gasteiger partial charge in [0.1, 0.15) is 11.8 Å². The number of nitrogens with zero attached hydrogens (tertiary/aromatic N) is 2. The molecule has 1 saturated heterocycles. The summed E-state index contributed by atoms with van der Waals surface area (Å²) in [4.78, 5) is 29.1. The van der Waals surface area contributed by atoms with Crippen molar-refractivity contribution in [3.63, 3.8) is 0 Å². The number of carbonyl (C=O) groups excluding carboxylic acids is 2. The summed E-state index contributed by atoms with van der Waals surface area (Å²) in [5.41, 5.74) is 1.73. The summed E-state index contributed by atoms with van der Waals surface area (Å²) < 4.78 is 38.4. The summed E-state index contributed by atoms with van der Waals surface area (Å²) in [6.45, 7) is 5.82. The third-order valence-corrected chi connectivity index (χ3v) is 9.52. The molecule has 1 atom stereocenters. The zero-order chi connectivity index (χ0) is 31.5. The van der Waals surface area contributed by atoms with E-state index in [1.807, 2.05) is 42.5 Å². The van der Waals surface area contributed by atoms with Gasteiger partial charge >= 0.3 is 0 Å². The van der Waals surface area contributed by atoms with E-state index in [-0.39, 0.29) is 29.9 Å². The molecule has 2 amide bonds. The highest BCUT2D eigenvalue weighted by atomic mass is 35.5. The molecule has 1 aliphatic heterocycles.